The molecule has 0 atom stereocenters. The molecule has 0 aromatic rings. The monoisotopic (exact) mass is 283 g/mol. The van der Waals surface area contributed by atoms with E-state index >= 15 is 0 Å². The van der Waals surface area contributed by atoms with Crippen LogP contribution >= 0.6 is 15.9 Å². The van der Waals surface area contributed by atoms with Crippen molar-refractivity contribution in [2.24, 2.45) is 0 Å². The predicted octanol–water partition coefficient (Wildman–Crippen LogP) is 1.28. The van der Waals surface area contributed by atoms with Gasteiger partial charge in [-0.2, -0.15) is 0 Å². The Hall–Kier alpha value is 0.390. The second-order valence-corrected chi connectivity index (χ2v) is 6.96. The van der Waals surface area contributed by atoms with E-state index in [4.69, 9.17) is 0 Å². The molecule has 0 aromatic heterocycles. The standard InChI is InChI=1S/C9H18BrNO2S/c1-2-14(12,13)8-7-11(6-5-10)9-3-4-9/h9H,2-8H2,1H3. The zero-order valence-electron chi connectivity index (χ0n) is 8.58. The van der Waals surface area contributed by atoms with Crippen LogP contribution in [-0.2, 0) is 9.84 Å². The lowest BCUT2D eigenvalue weighted by Gasteiger charge is -2.20. The number of hydrogen-bond donors (Lipinski definition) is 0. The van der Waals surface area contributed by atoms with Gasteiger partial charge in [-0.05, 0) is 12.8 Å². The van der Waals surface area contributed by atoms with E-state index in [-0.39, 0.29) is 5.75 Å². The van der Waals surface area contributed by atoms with E-state index in [1.165, 1.54) is 12.8 Å². The molecule has 0 saturated heterocycles. The van der Waals surface area contributed by atoms with Gasteiger partial charge in [-0.1, -0.05) is 22.9 Å². The van der Waals surface area contributed by atoms with Crippen LogP contribution in [0.25, 0.3) is 0 Å². The summed E-state index contributed by atoms with van der Waals surface area (Å²) in [5.41, 5.74) is 0. The Morgan fingerprint density at radius 2 is 2.00 bits per heavy atom. The SMILES string of the molecule is CCS(=O)(=O)CCN(CCBr)C1CC1. The maximum absolute atomic E-state index is 11.3. The summed E-state index contributed by atoms with van der Waals surface area (Å²) in [5, 5.41) is 0.926. The third-order valence-electron chi connectivity index (χ3n) is 2.56. The van der Waals surface area contributed by atoms with Crippen molar-refractivity contribution < 1.29 is 8.42 Å². The van der Waals surface area contributed by atoms with Gasteiger partial charge in [0.25, 0.3) is 0 Å². The first-order valence-electron chi connectivity index (χ1n) is 5.09. The fourth-order valence-corrected chi connectivity index (χ4v) is 2.68. The van der Waals surface area contributed by atoms with Gasteiger partial charge in [0.15, 0.2) is 9.84 Å². The van der Waals surface area contributed by atoms with Crippen molar-refractivity contribution in [2.75, 3.05) is 29.9 Å². The van der Waals surface area contributed by atoms with E-state index in [0.29, 0.717) is 18.3 Å². The maximum atomic E-state index is 11.3. The Bertz CT molecular complexity index is 262. The summed E-state index contributed by atoms with van der Waals surface area (Å²) in [6.07, 6.45) is 2.47. The molecule has 0 aliphatic heterocycles. The Labute approximate surface area is 94.9 Å². The topological polar surface area (TPSA) is 37.4 Å². The molecular weight excluding hydrogens is 266 g/mol. The van der Waals surface area contributed by atoms with Gasteiger partial charge < -0.3 is 0 Å². The third-order valence-corrected chi connectivity index (χ3v) is 4.60. The van der Waals surface area contributed by atoms with Gasteiger partial charge in [0.1, 0.15) is 0 Å². The maximum Gasteiger partial charge on any atom is 0.151 e. The van der Waals surface area contributed by atoms with Crippen LogP contribution < -0.4 is 0 Å². The van der Waals surface area contributed by atoms with Crippen LogP contribution in [0, 0.1) is 0 Å². The van der Waals surface area contributed by atoms with E-state index < -0.39 is 9.84 Å². The summed E-state index contributed by atoms with van der Waals surface area (Å²) in [7, 11) is -2.80. The second kappa shape index (κ2) is 5.47. The summed E-state index contributed by atoms with van der Waals surface area (Å²) < 4.78 is 22.6. The van der Waals surface area contributed by atoms with Crippen LogP contribution in [-0.4, -0.2) is 49.3 Å². The molecule has 84 valence electrons. The van der Waals surface area contributed by atoms with Crippen molar-refractivity contribution in [3.05, 3.63) is 0 Å². The Balaban J connectivity index is 2.32. The second-order valence-electron chi connectivity index (χ2n) is 3.69. The van der Waals surface area contributed by atoms with Gasteiger partial charge in [-0.25, -0.2) is 8.42 Å². The van der Waals surface area contributed by atoms with Crippen molar-refractivity contribution in [3.8, 4) is 0 Å². The van der Waals surface area contributed by atoms with Crippen LogP contribution in [0.15, 0.2) is 0 Å². The molecule has 0 spiro atoms. The molecule has 14 heavy (non-hydrogen) atoms. The normalized spacial score (nSPS) is 17.6. The lowest BCUT2D eigenvalue weighted by molar-refractivity contribution is 0.297. The molecule has 1 saturated carbocycles. The molecule has 1 aliphatic carbocycles. The van der Waals surface area contributed by atoms with Gasteiger partial charge >= 0.3 is 0 Å². The minimum Gasteiger partial charge on any atom is -0.299 e. The van der Waals surface area contributed by atoms with Gasteiger partial charge in [0, 0.05) is 30.2 Å². The minimum atomic E-state index is -2.80. The van der Waals surface area contributed by atoms with Crippen molar-refractivity contribution in [2.45, 2.75) is 25.8 Å². The van der Waals surface area contributed by atoms with Crippen molar-refractivity contribution in [1.82, 2.24) is 4.90 Å². The average Bonchev–Trinajstić information content (AvgIpc) is 2.95. The molecule has 5 heteroatoms. The zero-order valence-corrected chi connectivity index (χ0v) is 11.0. The summed E-state index contributed by atoms with van der Waals surface area (Å²) in [6.45, 7) is 3.37. The van der Waals surface area contributed by atoms with Crippen molar-refractivity contribution >= 4 is 25.8 Å². The summed E-state index contributed by atoms with van der Waals surface area (Å²) in [5.74, 6) is 0.576. The van der Waals surface area contributed by atoms with Crippen LogP contribution in [0.1, 0.15) is 19.8 Å². The first-order chi connectivity index (χ1) is 6.59. The van der Waals surface area contributed by atoms with Crippen molar-refractivity contribution in [1.29, 1.82) is 0 Å². The highest BCUT2D eigenvalue weighted by Crippen LogP contribution is 2.26. The smallest absolute Gasteiger partial charge is 0.151 e. The molecule has 1 aliphatic rings. The van der Waals surface area contributed by atoms with E-state index in [1.807, 2.05) is 0 Å². The van der Waals surface area contributed by atoms with E-state index in [0.717, 1.165) is 11.9 Å². The number of hydrogen-bond acceptors (Lipinski definition) is 3. The van der Waals surface area contributed by atoms with Crippen LogP contribution in [0.4, 0.5) is 0 Å². The lowest BCUT2D eigenvalue weighted by Crippen LogP contribution is -2.33. The van der Waals surface area contributed by atoms with Gasteiger partial charge in [0.05, 0.1) is 5.75 Å². The lowest BCUT2D eigenvalue weighted by atomic mass is 10.5. The molecule has 1 rings (SSSR count). The minimum absolute atomic E-state index is 0.264. The van der Waals surface area contributed by atoms with Crippen LogP contribution in [0.2, 0.25) is 0 Å². The molecule has 0 bridgehead atoms. The predicted molar refractivity (Wildman–Crippen MR) is 62.7 cm³/mol. The quantitative estimate of drug-likeness (QED) is 0.661. The first kappa shape index (κ1) is 12.5. The molecule has 3 nitrogen and oxygen atoms in total. The van der Waals surface area contributed by atoms with Gasteiger partial charge in [-0.3, -0.25) is 4.90 Å². The number of rotatable bonds is 7. The summed E-state index contributed by atoms with van der Waals surface area (Å²) in [6, 6.07) is 0.652. The van der Waals surface area contributed by atoms with Crippen LogP contribution in [0.5, 0.6) is 0 Å². The molecule has 0 amide bonds. The molecule has 1 fully saturated rings. The van der Waals surface area contributed by atoms with E-state index in [1.54, 1.807) is 6.92 Å². The highest BCUT2D eigenvalue weighted by Gasteiger charge is 2.28. The molecule has 0 aromatic carbocycles. The molecule has 0 heterocycles. The molecular formula is C9H18BrNO2S. The molecule has 0 unspecified atom stereocenters. The summed E-state index contributed by atoms with van der Waals surface area (Å²) >= 11 is 3.39. The number of alkyl halides is 1. The molecule has 0 radical (unpaired) electrons. The fourth-order valence-electron chi connectivity index (χ4n) is 1.43. The Kier molecular flexibility index (Phi) is 4.87. The number of nitrogens with zero attached hydrogens (tertiary/aromatic N) is 1. The largest absolute Gasteiger partial charge is 0.299 e. The number of halogens is 1. The first-order valence-corrected chi connectivity index (χ1v) is 8.04. The third kappa shape index (κ3) is 4.28. The number of sulfone groups is 1. The molecule has 0 N–H and O–H groups in total. The van der Waals surface area contributed by atoms with E-state index in [9.17, 15) is 8.42 Å². The zero-order chi connectivity index (χ0) is 10.6. The van der Waals surface area contributed by atoms with Gasteiger partial charge in [-0.15, -0.1) is 0 Å². The Morgan fingerprint density at radius 1 is 1.36 bits per heavy atom. The highest BCUT2D eigenvalue weighted by molar-refractivity contribution is 9.09. The summed E-state index contributed by atoms with van der Waals surface area (Å²) in [4.78, 5) is 2.28. The van der Waals surface area contributed by atoms with Crippen LogP contribution in [0.3, 0.4) is 0 Å². The van der Waals surface area contributed by atoms with E-state index in [2.05, 4.69) is 20.8 Å². The average molecular weight is 284 g/mol. The Morgan fingerprint density at radius 3 is 2.43 bits per heavy atom. The van der Waals surface area contributed by atoms with Gasteiger partial charge in [0.2, 0.25) is 0 Å². The highest BCUT2D eigenvalue weighted by atomic mass is 79.9. The van der Waals surface area contributed by atoms with Crippen molar-refractivity contribution in [3.63, 3.8) is 0 Å². The fraction of sp³-hybridized carbons (Fsp3) is 1.00.